The molecule has 0 spiro atoms. The van der Waals surface area contributed by atoms with E-state index in [0.717, 1.165) is 5.56 Å². The lowest BCUT2D eigenvalue weighted by molar-refractivity contribution is -0.126. The van der Waals surface area contributed by atoms with E-state index in [1.54, 1.807) is 23.1 Å². The molecule has 22 heavy (non-hydrogen) atoms. The molecular formula is C17H20ClNO3. The van der Waals surface area contributed by atoms with E-state index in [9.17, 15) is 4.79 Å². The number of carbonyl (C=O) groups excluding carboxylic acids is 1. The second-order valence-corrected chi connectivity index (χ2v) is 6.29. The predicted octanol–water partition coefficient (Wildman–Crippen LogP) is 3.38. The van der Waals surface area contributed by atoms with Crippen LogP contribution in [0.3, 0.4) is 0 Å². The quantitative estimate of drug-likeness (QED) is 0.798. The number of rotatable bonds is 4. The number of nitrogens with zero attached hydrogens (tertiary/aromatic N) is 1. The number of amides is 1. The van der Waals surface area contributed by atoms with Gasteiger partial charge in [0.2, 0.25) is 5.91 Å². The number of fused-ring (bicyclic) bond motifs is 1. The molecule has 0 N–H and O–H groups in total. The van der Waals surface area contributed by atoms with Crippen molar-refractivity contribution in [2.45, 2.75) is 25.8 Å². The first-order chi connectivity index (χ1) is 10.6. The van der Waals surface area contributed by atoms with Gasteiger partial charge in [0.15, 0.2) is 11.5 Å². The summed E-state index contributed by atoms with van der Waals surface area (Å²) in [6.07, 6.45) is 5.80. The second-order valence-electron chi connectivity index (χ2n) is 5.89. The van der Waals surface area contributed by atoms with Crippen molar-refractivity contribution in [1.82, 2.24) is 4.90 Å². The van der Waals surface area contributed by atoms with Crippen LogP contribution in [0, 0.1) is 5.92 Å². The van der Waals surface area contributed by atoms with Crippen LogP contribution in [0.5, 0.6) is 11.5 Å². The van der Waals surface area contributed by atoms with E-state index < -0.39 is 0 Å². The van der Waals surface area contributed by atoms with E-state index >= 15 is 0 Å². The molecule has 1 aromatic carbocycles. The molecule has 0 aromatic heterocycles. The summed E-state index contributed by atoms with van der Waals surface area (Å²) >= 11 is 6.19. The topological polar surface area (TPSA) is 38.8 Å². The summed E-state index contributed by atoms with van der Waals surface area (Å²) < 4.78 is 11.0. The SMILES string of the molecule is CC(C1CC1)N(C)C(=O)/C=C/c1cc(Cl)c2c(c1)OCCO2. The normalized spacial score (nSPS) is 18.3. The van der Waals surface area contributed by atoms with Crippen LogP contribution in [0.25, 0.3) is 6.08 Å². The molecule has 1 amide bonds. The van der Waals surface area contributed by atoms with Crippen molar-refractivity contribution >= 4 is 23.6 Å². The lowest BCUT2D eigenvalue weighted by Gasteiger charge is -2.23. The first-order valence-electron chi connectivity index (χ1n) is 7.60. The van der Waals surface area contributed by atoms with Crippen LogP contribution < -0.4 is 9.47 Å². The van der Waals surface area contributed by atoms with Crippen molar-refractivity contribution in [3.05, 3.63) is 28.8 Å². The van der Waals surface area contributed by atoms with Crippen LogP contribution in [0.4, 0.5) is 0 Å². The molecule has 4 nitrogen and oxygen atoms in total. The summed E-state index contributed by atoms with van der Waals surface area (Å²) in [6, 6.07) is 3.92. The second kappa shape index (κ2) is 6.21. The molecule has 3 rings (SSSR count). The van der Waals surface area contributed by atoms with Crippen LogP contribution >= 0.6 is 11.6 Å². The van der Waals surface area contributed by atoms with Crippen LogP contribution in [0.1, 0.15) is 25.3 Å². The number of ether oxygens (including phenoxy) is 2. The molecule has 1 atom stereocenters. The molecule has 1 fully saturated rings. The summed E-state index contributed by atoms with van der Waals surface area (Å²) in [7, 11) is 1.85. The molecule has 1 aliphatic heterocycles. The highest BCUT2D eigenvalue weighted by atomic mass is 35.5. The number of halogens is 1. The minimum Gasteiger partial charge on any atom is -0.486 e. The Bertz CT molecular complexity index is 610. The fraction of sp³-hybridized carbons (Fsp3) is 0.471. The number of benzene rings is 1. The summed E-state index contributed by atoms with van der Waals surface area (Å²) in [5.41, 5.74) is 0.829. The molecule has 1 aromatic rings. The lowest BCUT2D eigenvalue weighted by atomic mass is 10.1. The van der Waals surface area contributed by atoms with E-state index in [2.05, 4.69) is 6.92 Å². The molecule has 0 radical (unpaired) electrons. The van der Waals surface area contributed by atoms with Gasteiger partial charge in [0.25, 0.3) is 0 Å². The summed E-state index contributed by atoms with van der Waals surface area (Å²) in [6.45, 7) is 3.12. The van der Waals surface area contributed by atoms with E-state index in [1.807, 2.05) is 13.1 Å². The third-order valence-corrected chi connectivity index (χ3v) is 4.58. The summed E-state index contributed by atoms with van der Waals surface area (Å²) in [5.74, 6) is 1.87. The first kappa shape index (κ1) is 15.2. The van der Waals surface area contributed by atoms with Crippen LogP contribution in [0.15, 0.2) is 18.2 Å². The standard InChI is InChI=1S/C17H20ClNO3/c1-11(13-4-5-13)19(2)16(20)6-3-12-9-14(18)17-15(10-12)21-7-8-22-17/h3,6,9-11,13H,4-5,7-8H2,1-2H3/b6-3+. The number of likely N-dealkylation sites (N-methyl/N-ethyl adjacent to an activating group) is 1. The zero-order chi connectivity index (χ0) is 15.7. The van der Waals surface area contributed by atoms with Gasteiger partial charge >= 0.3 is 0 Å². The molecule has 1 aliphatic carbocycles. The van der Waals surface area contributed by atoms with E-state index in [0.29, 0.717) is 41.7 Å². The molecule has 1 unspecified atom stereocenters. The van der Waals surface area contributed by atoms with E-state index in [1.165, 1.54) is 12.8 Å². The maximum atomic E-state index is 12.2. The van der Waals surface area contributed by atoms with Gasteiger partial charge in [0, 0.05) is 19.2 Å². The van der Waals surface area contributed by atoms with Gasteiger partial charge in [-0.2, -0.15) is 0 Å². The minimum atomic E-state index is 0.00501. The Morgan fingerprint density at radius 3 is 2.82 bits per heavy atom. The average molecular weight is 322 g/mol. The van der Waals surface area contributed by atoms with Crippen molar-refractivity contribution in [2.75, 3.05) is 20.3 Å². The lowest BCUT2D eigenvalue weighted by Crippen LogP contribution is -2.35. The fourth-order valence-electron chi connectivity index (χ4n) is 2.61. The highest BCUT2D eigenvalue weighted by Gasteiger charge is 2.31. The highest BCUT2D eigenvalue weighted by Crippen LogP contribution is 2.38. The summed E-state index contributed by atoms with van der Waals surface area (Å²) in [4.78, 5) is 14.0. The molecule has 1 saturated carbocycles. The zero-order valence-electron chi connectivity index (χ0n) is 12.8. The van der Waals surface area contributed by atoms with E-state index in [4.69, 9.17) is 21.1 Å². The molecule has 118 valence electrons. The Hall–Kier alpha value is -1.68. The monoisotopic (exact) mass is 321 g/mol. The molecule has 0 bridgehead atoms. The van der Waals surface area contributed by atoms with Crippen molar-refractivity contribution in [1.29, 1.82) is 0 Å². The smallest absolute Gasteiger partial charge is 0.246 e. The van der Waals surface area contributed by atoms with Gasteiger partial charge in [-0.1, -0.05) is 11.6 Å². The number of hydrogen-bond donors (Lipinski definition) is 0. The van der Waals surface area contributed by atoms with Gasteiger partial charge in [-0.15, -0.1) is 0 Å². The summed E-state index contributed by atoms with van der Waals surface area (Å²) in [5, 5.41) is 0.504. The Labute approximate surface area is 135 Å². The maximum absolute atomic E-state index is 12.2. The fourth-order valence-corrected chi connectivity index (χ4v) is 2.88. The van der Waals surface area contributed by atoms with Gasteiger partial charge in [-0.05, 0) is 49.5 Å². The predicted molar refractivity (Wildman–Crippen MR) is 86.4 cm³/mol. The van der Waals surface area contributed by atoms with E-state index in [-0.39, 0.29) is 5.91 Å². The third-order valence-electron chi connectivity index (χ3n) is 4.30. The molecule has 1 heterocycles. The Kier molecular flexibility index (Phi) is 4.30. The van der Waals surface area contributed by atoms with Crippen LogP contribution in [0.2, 0.25) is 5.02 Å². The van der Waals surface area contributed by atoms with Crippen LogP contribution in [-0.4, -0.2) is 37.1 Å². The zero-order valence-corrected chi connectivity index (χ0v) is 13.6. The van der Waals surface area contributed by atoms with Crippen molar-refractivity contribution in [3.8, 4) is 11.5 Å². The van der Waals surface area contributed by atoms with Crippen molar-refractivity contribution in [3.63, 3.8) is 0 Å². The maximum Gasteiger partial charge on any atom is 0.246 e. The van der Waals surface area contributed by atoms with Crippen molar-refractivity contribution < 1.29 is 14.3 Å². The number of hydrogen-bond acceptors (Lipinski definition) is 3. The van der Waals surface area contributed by atoms with Gasteiger partial charge in [0.1, 0.15) is 13.2 Å². The Balaban J connectivity index is 1.72. The average Bonchev–Trinajstić information content (AvgIpc) is 3.36. The number of carbonyl (C=O) groups is 1. The molecule has 5 heteroatoms. The first-order valence-corrected chi connectivity index (χ1v) is 7.98. The Morgan fingerprint density at radius 1 is 1.36 bits per heavy atom. The molecule has 2 aliphatic rings. The Morgan fingerprint density at radius 2 is 2.09 bits per heavy atom. The van der Waals surface area contributed by atoms with Gasteiger partial charge in [-0.25, -0.2) is 0 Å². The highest BCUT2D eigenvalue weighted by molar-refractivity contribution is 6.32. The largest absolute Gasteiger partial charge is 0.486 e. The third kappa shape index (κ3) is 3.22. The van der Waals surface area contributed by atoms with Gasteiger partial charge < -0.3 is 14.4 Å². The van der Waals surface area contributed by atoms with Crippen LogP contribution in [-0.2, 0) is 4.79 Å². The molecule has 0 saturated heterocycles. The van der Waals surface area contributed by atoms with Crippen molar-refractivity contribution in [2.24, 2.45) is 5.92 Å². The molecular weight excluding hydrogens is 302 g/mol. The van der Waals surface area contributed by atoms with Gasteiger partial charge in [-0.3, -0.25) is 4.79 Å². The van der Waals surface area contributed by atoms with Gasteiger partial charge in [0.05, 0.1) is 5.02 Å². The minimum absolute atomic E-state index is 0.00501.